The largest absolute Gasteiger partial charge is 0.488 e. The van der Waals surface area contributed by atoms with Crippen LogP contribution in [0.3, 0.4) is 0 Å². The molecule has 0 amide bonds. The van der Waals surface area contributed by atoms with Crippen LogP contribution in [0.5, 0.6) is 0 Å². The van der Waals surface area contributed by atoms with Gasteiger partial charge >= 0.3 is 7.12 Å². The minimum atomic E-state index is -1.57. The number of carboxylic acid groups (broad SMARTS) is 1. The zero-order valence-corrected chi connectivity index (χ0v) is 16.1. The van der Waals surface area contributed by atoms with Gasteiger partial charge in [-0.3, -0.25) is 9.78 Å². The highest BCUT2D eigenvalue weighted by atomic mass is 16.4. The molecule has 2 aromatic heterocycles. The molecular weight excluding hydrogens is 383 g/mol. The van der Waals surface area contributed by atoms with E-state index in [1.54, 1.807) is 24.5 Å². The first-order valence-electron chi connectivity index (χ1n) is 8.97. The lowest BCUT2D eigenvalue weighted by atomic mass is 9.77. The summed E-state index contributed by atoms with van der Waals surface area (Å²) in [5.74, 6) is 0.387. The van der Waals surface area contributed by atoms with E-state index < -0.39 is 7.12 Å². The van der Waals surface area contributed by atoms with Crippen molar-refractivity contribution in [1.29, 1.82) is 0 Å². The molecule has 4 rings (SSSR count). The van der Waals surface area contributed by atoms with Gasteiger partial charge in [-0.2, -0.15) is 5.10 Å². The minimum Gasteiger partial charge on any atom is -0.483 e. The lowest BCUT2D eigenvalue weighted by Gasteiger charge is -2.11. The van der Waals surface area contributed by atoms with Crippen molar-refractivity contribution in [1.82, 2.24) is 15.2 Å². The summed E-state index contributed by atoms with van der Waals surface area (Å²) < 4.78 is 0. The van der Waals surface area contributed by atoms with E-state index in [0.717, 1.165) is 38.7 Å². The van der Waals surface area contributed by atoms with Crippen LogP contribution in [0.25, 0.3) is 33.0 Å². The van der Waals surface area contributed by atoms with Gasteiger partial charge in [0.2, 0.25) is 0 Å². The fourth-order valence-corrected chi connectivity index (χ4v) is 3.15. The van der Waals surface area contributed by atoms with Gasteiger partial charge in [0.25, 0.3) is 6.47 Å². The zero-order valence-electron chi connectivity index (χ0n) is 16.1. The normalized spacial score (nSPS) is 10.2. The van der Waals surface area contributed by atoms with Crippen molar-refractivity contribution in [3.05, 3.63) is 66.6 Å². The molecule has 9 heteroatoms. The van der Waals surface area contributed by atoms with Gasteiger partial charge in [0.1, 0.15) is 0 Å². The quantitative estimate of drug-likeness (QED) is 0.299. The van der Waals surface area contributed by atoms with E-state index in [1.165, 1.54) is 0 Å². The van der Waals surface area contributed by atoms with Crippen molar-refractivity contribution in [3.8, 4) is 22.3 Å². The Kier molecular flexibility index (Phi) is 6.36. The average molecular weight is 402 g/mol. The number of nitrogens with zero attached hydrogens (tertiary/aromatic N) is 3. The number of aryl methyl sites for hydroxylation is 1. The first kappa shape index (κ1) is 20.9. The van der Waals surface area contributed by atoms with Gasteiger partial charge in [0, 0.05) is 23.2 Å². The predicted molar refractivity (Wildman–Crippen MR) is 116 cm³/mol. The third-order valence-corrected chi connectivity index (χ3v) is 4.57. The van der Waals surface area contributed by atoms with E-state index in [2.05, 4.69) is 15.2 Å². The Morgan fingerprint density at radius 3 is 2.27 bits per heavy atom. The molecule has 8 nitrogen and oxygen atoms in total. The van der Waals surface area contributed by atoms with Gasteiger partial charge in [-0.1, -0.05) is 24.3 Å². The fourth-order valence-electron chi connectivity index (χ4n) is 3.15. The topological polar surface area (TPSA) is 142 Å². The molecule has 2 heterocycles. The Morgan fingerprint density at radius 1 is 0.933 bits per heavy atom. The maximum atomic E-state index is 9.72. The number of nitrogen functional groups attached to an aromatic ring is 1. The Bertz CT molecular complexity index is 1190. The summed E-state index contributed by atoms with van der Waals surface area (Å²) in [7, 11) is -1.57. The molecule has 0 aliphatic carbocycles. The van der Waals surface area contributed by atoms with Gasteiger partial charge in [0.15, 0.2) is 5.82 Å². The van der Waals surface area contributed by atoms with Crippen LogP contribution in [0.2, 0.25) is 0 Å². The summed E-state index contributed by atoms with van der Waals surface area (Å²) in [5.41, 5.74) is 10.7. The van der Waals surface area contributed by atoms with Crippen LogP contribution in [0.4, 0.5) is 5.82 Å². The average Bonchev–Trinajstić information content (AvgIpc) is 2.77. The molecule has 0 aliphatic heterocycles. The zero-order chi connectivity index (χ0) is 21.7. The monoisotopic (exact) mass is 402 g/mol. The van der Waals surface area contributed by atoms with Crippen LogP contribution in [0.15, 0.2) is 60.9 Å². The molecule has 0 bridgehead atoms. The second-order valence-corrected chi connectivity index (χ2v) is 6.50. The number of rotatable bonds is 3. The number of anilines is 1. The van der Waals surface area contributed by atoms with E-state index >= 15 is 0 Å². The molecule has 30 heavy (non-hydrogen) atoms. The first-order chi connectivity index (χ1) is 14.4. The molecule has 5 N–H and O–H groups in total. The highest BCUT2D eigenvalue weighted by molar-refractivity contribution is 6.58. The van der Waals surface area contributed by atoms with E-state index in [4.69, 9.17) is 15.6 Å². The Labute approximate surface area is 172 Å². The highest BCUT2D eigenvalue weighted by Crippen LogP contribution is 2.30. The van der Waals surface area contributed by atoms with Crippen molar-refractivity contribution in [3.63, 3.8) is 0 Å². The molecule has 0 spiro atoms. The second-order valence-electron chi connectivity index (χ2n) is 6.50. The summed E-state index contributed by atoms with van der Waals surface area (Å²) >= 11 is 0. The molecule has 4 aromatic rings. The van der Waals surface area contributed by atoms with Gasteiger partial charge < -0.3 is 20.9 Å². The molecule has 0 unspecified atom stereocenters. The number of hydrogen-bond acceptors (Lipinski definition) is 7. The SMILES string of the molecule is Cc1nnc(N)c2ccc(-c3cc(B(O)O)cc(-c4cccnc4)c3)cc12.O=CO. The van der Waals surface area contributed by atoms with E-state index in [9.17, 15) is 10.0 Å². The molecule has 0 atom stereocenters. The summed E-state index contributed by atoms with van der Waals surface area (Å²) in [6.07, 6.45) is 3.44. The second kappa shape index (κ2) is 9.12. The summed E-state index contributed by atoms with van der Waals surface area (Å²) in [4.78, 5) is 12.5. The molecule has 150 valence electrons. The molecule has 0 aliphatic rings. The predicted octanol–water partition coefficient (Wildman–Crippen LogP) is 1.63. The minimum absolute atomic E-state index is 0.250. The van der Waals surface area contributed by atoms with Crippen LogP contribution in [0, 0.1) is 6.92 Å². The van der Waals surface area contributed by atoms with Crippen LogP contribution in [0.1, 0.15) is 5.69 Å². The van der Waals surface area contributed by atoms with Crippen molar-refractivity contribution in [2.45, 2.75) is 6.92 Å². The summed E-state index contributed by atoms with van der Waals surface area (Å²) in [6.45, 7) is 1.63. The van der Waals surface area contributed by atoms with Crippen molar-refractivity contribution in [2.75, 3.05) is 5.73 Å². The summed E-state index contributed by atoms with van der Waals surface area (Å²) in [6, 6.07) is 15.1. The van der Waals surface area contributed by atoms with Crippen molar-refractivity contribution < 1.29 is 19.9 Å². The third-order valence-electron chi connectivity index (χ3n) is 4.57. The molecule has 2 aromatic carbocycles. The highest BCUT2D eigenvalue weighted by Gasteiger charge is 2.15. The van der Waals surface area contributed by atoms with Crippen LogP contribution in [-0.4, -0.2) is 43.9 Å². The number of benzene rings is 2. The number of hydrogen-bond donors (Lipinski definition) is 4. The van der Waals surface area contributed by atoms with Crippen LogP contribution in [-0.2, 0) is 4.79 Å². The Balaban J connectivity index is 0.000000806. The van der Waals surface area contributed by atoms with Crippen molar-refractivity contribution >= 4 is 35.6 Å². The Hall–Kier alpha value is -3.82. The fraction of sp³-hybridized carbons (Fsp3) is 0.0476. The van der Waals surface area contributed by atoms with Crippen LogP contribution >= 0.6 is 0 Å². The van der Waals surface area contributed by atoms with E-state index in [-0.39, 0.29) is 6.47 Å². The Morgan fingerprint density at radius 2 is 1.63 bits per heavy atom. The van der Waals surface area contributed by atoms with Gasteiger partial charge in [-0.15, -0.1) is 5.10 Å². The lowest BCUT2D eigenvalue weighted by Crippen LogP contribution is -2.29. The number of aromatic nitrogens is 3. The summed E-state index contributed by atoms with van der Waals surface area (Å²) in [5, 5.41) is 36.1. The number of pyridine rings is 1. The van der Waals surface area contributed by atoms with E-state index in [0.29, 0.717) is 11.3 Å². The van der Waals surface area contributed by atoms with Crippen LogP contribution < -0.4 is 11.2 Å². The third kappa shape index (κ3) is 4.43. The van der Waals surface area contributed by atoms with Crippen molar-refractivity contribution in [2.24, 2.45) is 0 Å². The number of fused-ring (bicyclic) bond motifs is 1. The van der Waals surface area contributed by atoms with E-state index in [1.807, 2.05) is 43.3 Å². The molecule has 0 saturated carbocycles. The maximum absolute atomic E-state index is 9.72. The van der Waals surface area contributed by atoms with Gasteiger partial charge in [-0.05, 0) is 58.9 Å². The number of nitrogens with two attached hydrogens (primary N) is 1. The first-order valence-corrected chi connectivity index (χ1v) is 8.97. The van der Waals surface area contributed by atoms with Gasteiger partial charge in [-0.25, -0.2) is 0 Å². The molecule has 0 fully saturated rings. The van der Waals surface area contributed by atoms with Gasteiger partial charge in [0.05, 0.1) is 5.69 Å². The molecule has 0 saturated heterocycles. The lowest BCUT2D eigenvalue weighted by molar-refractivity contribution is -0.122. The maximum Gasteiger partial charge on any atom is 0.488 e. The number of carbonyl (C=O) groups is 1. The molecule has 0 radical (unpaired) electrons. The standard InChI is InChI=1S/C20H17BN4O2.CH2O2/c1-12-19-10-13(4-5-18(19)20(22)25-24-12)15-7-16(9-17(8-15)21(26)27)14-3-2-6-23-11-14;2-1-3/h2-11,26-27H,1H3,(H2,22,25);1H,(H,2,3). The smallest absolute Gasteiger partial charge is 0.483 e. The molecular formula is C21H19BN4O4.